The second-order valence-electron chi connectivity index (χ2n) is 6.55. The summed E-state index contributed by atoms with van der Waals surface area (Å²) in [5.41, 5.74) is 1.23. The zero-order chi connectivity index (χ0) is 20.8. The van der Waals surface area contributed by atoms with Crippen LogP contribution in [-0.4, -0.2) is 34.3 Å². The highest BCUT2D eigenvalue weighted by molar-refractivity contribution is 7.13. The van der Waals surface area contributed by atoms with E-state index in [0.29, 0.717) is 29.2 Å². The molecule has 3 aromatic rings. The number of amides is 2. The van der Waals surface area contributed by atoms with Crippen LogP contribution in [0, 0.1) is 5.82 Å². The minimum atomic E-state index is -0.679. The molecule has 7 heteroatoms. The lowest BCUT2D eigenvalue weighted by Crippen LogP contribution is -2.46. The van der Waals surface area contributed by atoms with E-state index in [4.69, 9.17) is 0 Å². The molecule has 150 valence electrons. The Hall–Kier alpha value is -3.06. The van der Waals surface area contributed by atoms with Gasteiger partial charge in [-0.1, -0.05) is 37.3 Å². The molecule has 1 unspecified atom stereocenters. The summed E-state index contributed by atoms with van der Waals surface area (Å²) >= 11 is 1.20. The van der Waals surface area contributed by atoms with Gasteiger partial charge in [0, 0.05) is 23.2 Å². The van der Waals surface area contributed by atoms with Gasteiger partial charge in [-0.3, -0.25) is 9.59 Å². The van der Waals surface area contributed by atoms with Crippen molar-refractivity contribution in [1.29, 1.82) is 0 Å². The average molecular weight is 412 g/mol. The van der Waals surface area contributed by atoms with Gasteiger partial charge in [-0.15, -0.1) is 11.3 Å². The van der Waals surface area contributed by atoms with Crippen molar-refractivity contribution in [2.75, 3.05) is 11.9 Å². The molecular formula is C22H22FN3O2S. The molecule has 0 saturated heterocycles. The van der Waals surface area contributed by atoms with Crippen LogP contribution in [-0.2, 0) is 4.79 Å². The number of carbonyl (C=O) groups is 2. The number of nitrogens with one attached hydrogen (secondary N) is 1. The van der Waals surface area contributed by atoms with Gasteiger partial charge >= 0.3 is 0 Å². The standard InChI is InChI=1S/C22H22FN3O2S/c1-3-13-26(15(2)20(27)24-16-9-5-4-6-10-16)22(28)19-14-29-21(25-19)17-11-7-8-12-18(17)23/h4-12,14-15H,3,13H2,1-2H3,(H,24,27). The highest BCUT2D eigenvalue weighted by Gasteiger charge is 2.28. The number of hydrogen-bond donors (Lipinski definition) is 1. The van der Waals surface area contributed by atoms with Crippen LogP contribution in [0.2, 0.25) is 0 Å². The van der Waals surface area contributed by atoms with E-state index < -0.39 is 6.04 Å². The smallest absolute Gasteiger partial charge is 0.274 e. The van der Waals surface area contributed by atoms with Crippen LogP contribution in [0.3, 0.4) is 0 Å². The molecule has 1 N–H and O–H groups in total. The van der Waals surface area contributed by atoms with Gasteiger partial charge in [0.05, 0.1) is 0 Å². The van der Waals surface area contributed by atoms with Crippen molar-refractivity contribution in [2.24, 2.45) is 0 Å². The highest BCUT2D eigenvalue weighted by Crippen LogP contribution is 2.27. The zero-order valence-corrected chi connectivity index (χ0v) is 17.1. The molecule has 2 aromatic carbocycles. The van der Waals surface area contributed by atoms with Crippen LogP contribution in [0.15, 0.2) is 60.0 Å². The van der Waals surface area contributed by atoms with E-state index in [9.17, 15) is 14.0 Å². The summed E-state index contributed by atoms with van der Waals surface area (Å²) in [4.78, 5) is 31.5. The number of aromatic nitrogens is 1. The van der Waals surface area contributed by atoms with Crippen molar-refractivity contribution in [2.45, 2.75) is 26.3 Å². The number of thiazole rings is 1. The first-order valence-electron chi connectivity index (χ1n) is 9.38. The predicted octanol–water partition coefficient (Wildman–Crippen LogP) is 4.83. The van der Waals surface area contributed by atoms with E-state index in [-0.39, 0.29) is 23.3 Å². The molecule has 1 aromatic heterocycles. The summed E-state index contributed by atoms with van der Waals surface area (Å²) < 4.78 is 14.0. The summed E-state index contributed by atoms with van der Waals surface area (Å²) in [5, 5.41) is 4.87. The zero-order valence-electron chi connectivity index (χ0n) is 16.3. The Labute approximate surface area is 173 Å². The molecule has 29 heavy (non-hydrogen) atoms. The van der Waals surface area contributed by atoms with Gasteiger partial charge in [-0.05, 0) is 37.6 Å². The Bertz CT molecular complexity index is 990. The fourth-order valence-corrected chi connectivity index (χ4v) is 3.72. The Balaban J connectivity index is 1.79. The minimum absolute atomic E-state index is 0.209. The second kappa shape index (κ2) is 9.43. The molecule has 0 bridgehead atoms. The van der Waals surface area contributed by atoms with Crippen molar-refractivity contribution in [1.82, 2.24) is 9.88 Å². The number of carbonyl (C=O) groups excluding carboxylic acids is 2. The van der Waals surface area contributed by atoms with Crippen LogP contribution in [0.25, 0.3) is 10.6 Å². The quantitative estimate of drug-likeness (QED) is 0.606. The number of hydrogen-bond acceptors (Lipinski definition) is 4. The molecule has 2 amide bonds. The first-order chi connectivity index (χ1) is 14.0. The van der Waals surface area contributed by atoms with E-state index in [1.165, 1.54) is 22.3 Å². The van der Waals surface area contributed by atoms with E-state index in [1.807, 2.05) is 25.1 Å². The monoisotopic (exact) mass is 411 g/mol. The molecule has 0 radical (unpaired) electrons. The third kappa shape index (κ3) is 4.86. The number of rotatable bonds is 7. The Morgan fingerprint density at radius 1 is 1.14 bits per heavy atom. The third-order valence-electron chi connectivity index (χ3n) is 4.44. The summed E-state index contributed by atoms with van der Waals surface area (Å²) in [5.74, 6) is -1.01. The van der Waals surface area contributed by atoms with Gasteiger partial charge in [0.2, 0.25) is 5.91 Å². The number of halogens is 1. The van der Waals surface area contributed by atoms with Crippen molar-refractivity contribution in [3.8, 4) is 10.6 Å². The lowest BCUT2D eigenvalue weighted by molar-refractivity contribution is -0.120. The van der Waals surface area contributed by atoms with Crippen LogP contribution in [0.5, 0.6) is 0 Å². The Kier molecular flexibility index (Phi) is 6.72. The average Bonchev–Trinajstić information content (AvgIpc) is 3.22. The molecule has 0 aliphatic heterocycles. The van der Waals surface area contributed by atoms with E-state index >= 15 is 0 Å². The first-order valence-corrected chi connectivity index (χ1v) is 10.3. The second-order valence-corrected chi connectivity index (χ2v) is 7.41. The van der Waals surface area contributed by atoms with Crippen molar-refractivity contribution < 1.29 is 14.0 Å². The number of anilines is 1. The molecule has 0 aliphatic rings. The number of nitrogens with zero attached hydrogens (tertiary/aromatic N) is 2. The van der Waals surface area contributed by atoms with Gasteiger partial charge in [-0.25, -0.2) is 9.37 Å². The maximum Gasteiger partial charge on any atom is 0.274 e. The lowest BCUT2D eigenvalue weighted by atomic mass is 10.2. The van der Waals surface area contributed by atoms with Crippen molar-refractivity contribution in [3.05, 3.63) is 71.5 Å². The molecule has 5 nitrogen and oxygen atoms in total. The molecule has 1 heterocycles. The molecule has 0 spiro atoms. The minimum Gasteiger partial charge on any atom is -0.326 e. The Morgan fingerprint density at radius 3 is 2.52 bits per heavy atom. The third-order valence-corrected chi connectivity index (χ3v) is 5.32. The lowest BCUT2D eigenvalue weighted by Gasteiger charge is -2.27. The highest BCUT2D eigenvalue weighted by atomic mass is 32.1. The molecule has 0 saturated carbocycles. The van der Waals surface area contributed by atoms with Gasteiger partial charge in [0.1, 0.15) is 22.6 Å². The van der Waals surface area contributed by atoms with Crippen LogP contribution < -0.4 is 5.32 Å². The fourth-order valence-electron chi connectivity index (χ4n) is 2.90. The van der Waals surface area contributed by atoms with Gasteiger partial charge in [0.25, 0.3) is 5.91 Å². The van der Waals surface area contributed by atoms with Crippen LogP contribution in [0.4, 0.5) is 10.1 Å². The summed E-state index contributed by atoms with van der Waals surface area (Å²) in [6, 6.07) is 14.7. The van der Waals surface area contributed by atoms with E-state index in [2.05, 4.69) is 10.3 Å². The van der Waals surface area contributed by atoms with Crippen molar-refractivity contribution >= 4 is 28.8 Å². The van der Waals surface area contributed by atoms with Crippen LogP contribution >= 0.6 is 11.3 Å². The molecule has 3 rings (SSSR count). The molecule has 0 fully saturated rings. The molecule has 1 atom stereocenters. The molecular weight excluding hydrogens is 389 g/mol. The summed E-state index contributed by atoms with van der Waals surface area (Å²) in [6.07, 6.45) is 0.693. The summed E-state index contributed by atoms with van der Waals surface area (Å²) in [6.45, 7) is 4.04. The van der Waals surface area contributed by atoms with Gasteiger partial charge in [0.15, 0.2) is 0 Å². The van der Waals surface area contributed by atoms with E-state index in [1.54, 1.807) is 42.6 Å². The fraction of sp³-hybridized carbons (Fsp3) is 0.227. The summed E-state index contributed by atoms with van der Waals surface area (Å²) in [7, 11) is 0. The molecule has 0 aliphatic carbocycles. The van der Waals surface area contributed by atoms with Crippen molar-refractivity contribution in [3.63, 3.8) is 0 Å². The predicted molar refractivity (Wildman–Crippen MR) is 113 cm³/mol. The Morgan fingerprint density at radius 2 is 1.83 bits per heavy atom. The normalized spacial score (nSPS) is 11.7. The maximum absolute atomic E-state index is 14.0. The maximum atomic E-state index is 14.0. The first kappa shape index (κ1) is 20.7. The van der Waals surface area contributed by atoms with Crippen LogP contribution in [0.1, 0.15) is 30.8 Å². The largest absolute Gasteiger partial charge is 0.326 e. The van der Waals surface area contributed by atoms with E-state index in [0.717, 1.165) is 0 Å². The topological polar surface area (TPSA) is 62.3 Å². The van der Waals surface area contributed by atoms with Gasteiger partial charge in [-0.2, -0.15) is 0 Å². The SMILES string of the molecule is CCCN(C(=O)c1csc(-c2ccccc2F)n1)C(C)C(=O)Nc1ccccc1. The van der Waals surface area contributed by atoms with Gasteiger partial charge < -0.3 is 10.2 Å². The number of para-hydroxylation sites is 1. The number of benzene rings is 2.